The summed E-state index contributed by atoms with van der Waals surface area (Å²) in [6.45, 7) is 5.81. The summed E-state index contributed by atoms with van der Waals surface area (Å²) >= 11 is 0. The number of benzene rings is 2. The number of hydrogen-bond acceptors (Lipinski definition) is 16. The smallest absolute Gasteiger partial charge is 0.322 e. The molecule has 31 heteroatoms. The third-order valence-electron chi connectivity index (χ3n) is 12.7. The molecule has 31 nitrogen and oxygen atoms in total. The summed E-state index contributed by atoms with van der Waals surface area (Å²) < 4.78 is 0. The van der Waals surface area contributed by atoms with Crippen LogP contribution in [0.2, 0.25) is 0 Å². The van der Waals surface area contributed by atoms with E-state index in [4.69, 9.17) is 40.1 Å². The molecule has 2 aromatic rings. The minimum Gasteiger partial charge on any atom is -0.508 e. The van der Waals surface area contributed by atoms with Gasteiger partial charge in [0.15, 0.2) is 11.9 Å². The highest BCUT2D eigenvalue weighted by Gasteiger charge is 2.34. The van der Waals surface area contributed by atoms with Crippen LogP contribution in [-0.2, 0) is 65.6 Å². The lowest BCUT2D eigenvalue weighted by molar-refractivity contribution is -0.138. The minimum absolute atomic E-state index is 0.00367. The van der Waals surface area contributed by atoms with Gasteiger partial charge in [-0.25, -0.2) is 0 Å². The van der Waals surface area contributed by atoms with Gasteiger partial charge in [-0.1, -0.05) is 56.3 Å². The lowest BCUT2D eigenvalue weighted by Gasteiger charge is -2.27. The number of aliphatic imine (C=N–C) groups is 2. The molecule has 25 N–H and O–H groups in total. The molecule has 2 rings (SSSR count). The number of hydrogen-bond donors (Lipinski definition) is 18. The van der Waals surface area contributed by atoms with Gasteiger partial charge in [-0.3, -0.25) is 62.7 Å². The van der Waals surface area contributed by atoms with Gasteiger partial charge in [-0.05, 0) is 101 Å². The monoisotopic (exact) mass is 1190 g/mol. The van der Waals surface area contributed by atoms with Gasteiger partial charge >= 0.3 is 5.97 Å². The van der Waals surface area contributed by atoms with Crippen LogP contribution in [0.3, 0.4) is 0 Å². The third-order valence-corrected chi connectivity index (χ3v) is 12.7. The summed E-state index contributed by atoms with van der Waals surface area (Å²) in [6.07, 6.45) is 0.241. The van der Waals surface area contributed by atoms with Crippen LogP contribution in [0.25, 0.3) is 0 Å². The standard InChI is InChI=1S/C54H86N18O13/c1-29(2)24-38(51(84)72-39(47(80)64-28-43(75)76)26-33-17-19-34(73)20-18-33)69-44(77)30(3)65-48(81)36(15-8-9-21-55)67-49(82)37(16-11-23-63-54(60)61)68-52(85)40(25-32-12-6-5-7-13-32)70-45(78)31(4)66-50(83)41(27-42(57)74)71-46(79)35(56)14-10-22-62-53(58)59/h5-7,12-13,17-20,29-31,35-41,73H,8-11,14-16,21-28,55-56H2,1-4H3,(H2,57,74)(H,64,80)(H,65,81)(H,66,83)(H,67,82)(H,68,85)(H,69,77)(H,70,78)(H,71,79)(H,72,84)(H,75,76)(H4,58,59,62)(H4,60,61,63)/t30-,31-,35-,36-,37-,38-,39-,40-,41-/m0/s1. The quantitative estimate of drug-likeness (QED) is 0.0169. The number of phenolic OH excluding ortho intramolecular Hbond substituents is 1. The van der Waals surface area contributed by atoms with Crippen LogP contribution in [0.5, 0.6) is 5.75 Å². The molecule has 85 heavy (non-hydrogen) atoms. The highest BCUT2D eigenvalue weighted by atomic mass is 16.4. The van der Waals surface area contributed by atoms with E-state index in [0.717, 1.165) is 0 Å². The van der Waals surface area contributed by atoms with E-state index in [0.29, 0.717) is 30.4 Å². The van der Waals surface area contributed by atoms with Crippen molar-refractivity contribution in [3.8, 4) is 5.75 Å². The third kappa shape index (κ3) is 29.1. The van der Waals surface area contributed by atoms with E-state index in [-0.39, 0.29) is 88.2 Å². The average Bonchev–Trinajstić information content (AvgIpc) is 3.44. The zero-order chi connectivity index (χ0) is 63.8. The molecule has 0 aliphatic carbocycles. The van der Waals surface area contributed by atoms with Crippen LogP contribution in [0.1, 0.15) is 96.6 Å². The second-order valence-electron chi connectivity index (χ2n) is 20.6. The Morgan fingerprint density at radius 3 is 1.41 bits per heavy atom. The summed E-state index contributed by atoms with van der Waals surface area (Å²) in [6, 6.07) is 1.96. The summed E-state index contributed by atoms with van der Waals surface area (Å²) in [5.74, 6) is -10.7. The second kappa shape index (κ2) is 37.9. The van der Waals surface area contributed by atoms with Gasteiger partial charge in [0.25, 0.3) is 0 Å². The number of nitrogens with zero attached hydrogens (tertiary/aromatic N) is 2. The summed E-state index contributed by atoms with van der Waals surface area (Å²) in [4.78, 5) is 155. The molecule has 0 saturated heterocycles. The van der Waals surface area contributed by atoms with Crippen LogP contribution in [-0.4, -0.2) is 168 Å². The van der Waals surface area contributed by atoms with Crippen LogP contribution in [0.4, 0.5) is 0 Å². The van der Waals surface area contributed by atoms with E-state index in [1.165, 1.54) is 38.1 Å². The number of carboxylic acids is 1. The highest BCUT2D eigenvalue weighted by molar-refractivity contribution is 5.99. The first kappa shape index (κ1) is 72.0. The molecule has 0 fully saturated rings. The molecule has 470 valence electrons. The lowest BCUT2D eigenvalue weighted by Crippen LogP contribution is -2.60. The second-order valence-corrected chi connectivity index (χ2v) is 20.6. The van der Waals surface area contributed by atoms with Gasteiger partial charge in [-0.2, -0.15) is 0 Å². The van der Waals surface area contributed by atoms with Crippen LogP contribution < -0.4 is 88.0 Å². The number of unbranched alkanes of at least 4 members (excludes halogenated alkanes) is 1. The fraction of sp³-hybridized carbons (Fsp3) is 0.537. The van der Waals surface area contributed by atoms with E-state index in [9.17, 15) is 63.0 Å². The van der Waals surface area contributed by atoms with Crippen molar-refractivity contribution in [2.75, 3.05) is 26.2 Å². The Balaban J connectivity index is 2.40. The van der Waals surface area contributed by atoms with Gasteiger partial charge in [0, 0.05) is 25.9 Å². The van der Waals surface area contributed by atoms with Crippen molar-refractivity contribution >= 4 is 77.0 Å². The molecular formula is C54H86N18O13. The predicted octanol–water partition coefficient (Wildman–Crippen LogP) is -5.22. The Bertz CT molecular complexity index is 2620. The van der Waals surface area contributed by atoms with Crippen LogP contribution in [0.15, 0.2) is 64.6 Å². The number of phenols is 1. The van der Waals surface area contributed by atoms with E-state index in [2.05, 4.69) is 57.8 Å². The normalized spacial score (nSPS) is 14.1. The largest absolute Gasteiger partial charge is 0.508 e. The maximum atomic E-state index is 14.4. The first-order valence-electron chi connectivity index (χ1n) is 27.7. The Hall–Kier alpha value is -9.13. The average molecular weight is 1200 g/mol. The van der Waals surface area contributed by atoms with E-state index in [1.807, 2.05) is 0 Å². The molecular weight excluding hydrogens is 1110 g/mol. The molecule has 0 heterocycles. The summed E-state index contributed by atoms with van der Waals surface area (Å²) in [5.41, 5.74) is 40.0. The van der Waals surface area contributed by atoms with Gasteiger partial charge in [0.1, 0.15) is 60.6 Å². The number of aliphatic carboxylic acids is 1. The topological polar surface area (TPSA) is 543 Å². The predicted molar refractivity (Wildman–Crippen MR) is 313 cm³/mol. The fourth-order valence-electron chi connectivity index (χ4n) is 8.17. The molecule has 2 aromatic carbocycles. The molecule has 0 unspecified atom stereocenters. The number of guanidine groups is 2. The number of carbonyl (C=O) groups is 11. The van der Waals surface area contributed by atoms with Crippen molar-refractivity contribution in [3.63, 3.8) is 0 Å². The van der Waals surface area contributed by atoms with Gasteiger partial charge < -0.3 is 98.2 Å². The first-order valence-corrected chi connectivity index (χ1v) is 27.7. The number of rotatable bonds is 39. The van der Waals surface area contributed by atoms with Crippen molar-refractivity contribution in [2.24, 2.45) is 56.0 Å². The SMILES string of the molecule is CC(C)C[C@H](NC(=O)[C@H](C)NC(=O)[C@H](CCCCN)NC(=O)[C@H](CCCN=C(N)N)NC(=O)[C@H](Cc1ccccc1)NC(=O)[C@H](C)NC(=O)[C@H](CC(N)=O)NC(=O)[C@@H](N)CCCN=C(N)N)C(=O)N[C@@H](Cc1ccc(O)cc1)C(=O)NCC(=O)O. The van der Waals surface area contributed by atoms with E-state index < -0.39 is 132 Å². The summed E-state index contributed by atoms with van der Waals surface area (Å²) in [5, 5.41) is 41.7. The van der Waals surface area contributed by atoms with E-state index in [1.54, 1.807) is 44.2 Å². The Morgan fingerprint density at radius 1 is 0.482 bits per heavy atom. The maximum absolute atomic E-state index is 14.4. The molecule has 0 saturated carbocycles. The molecule has 9 atom stereocenters. The minimum atomic E-state index is -1.56. The van der Waals surface area contributed by atoms with Gasteiger partial charge in [-0.15, -0.1) is 0 Å². The molecule has 0 aliphatic heterocycles. The van der Waals surface area contributed by atoms with Crippen molar-refractivity contribution in [1.82, 2.24) is 47.9 Å². The Morgan fingerprint density at radius 2 is 0.906 bits per heavy atom. The molecule has 0 aliphatic rings. The van der Waals surface area contributed by atoms with Crippen molar-refractivity contribution in [3.05, 3.63) is 65.7 Å². The Kier molecular flexibility index (Phi) is 32.1. The fourth-order valence-corrected chi connectivity index (χ4v) is 8.17. The van der Waals surface area contributed by atoms with Crippen molar-refractivity contribution in [2.45, 2.75) is 153 Å². The number of amides is 10. The number of carboxylic acid groups (broad SMARTS) is 1. The first-order chi connectivity index (χ1) is 40.1. The van der Waals surface area contributed by atoms with Gasteiger partial charge in [0.2, 0.25) is 59.1 Å². The van der Waals surface area contributed by atoms with Crippen molar-refractivity contribution in [1.29, 1.82) is 0 Å². The van der Waals surface area contributed by atoms with E-state index >= 15 is 0 Å². The van der Waals surface area contributed by atoms with Crippen molar-refractivity contribution < 1.29 is 63.0 Å². The zero-order valence-electron chi connectivity index (χ0n) is 48.4. The summed E-state index contributed by atoms with van der Waals surface area (Å²) in [7, 11) is 0. The molecule has 10 amide bonds. The molecule has 0 radical (unpaired) electrons. The Labute approximate surface area is 492 Å². The van der Waals surface area contributed by atoms with Crippen LogP contribution in [0, 0.1) is 5.92 Å². The zero-order valence-corrected chi connectivity index (χ0v) is 48.4. The van der Waals surface area contributed by atoms with Gasteiger partial charge in [0.05, 0.1) is 12.5 Å². The number of primary amides is 1. The van der Waals surface area contributed by atoms with Crippen LogP contribution >= 0.6 is 0 Å². The maximum Gasteiger partial charge on any atom is 0.322 e. The number of carbonyl (C=O) groups excluding carboxylic acids is 10. The molecule has 0 spiro atoms. The number of aromatic hydroxyl groups is 1. The number of nitrogens with two attached hydrogens (primary N) is 7. The highest BCUT2D eigenvalue weighted by Crippen LogP contribution is 2.14. The molecule has 0 aromatic heterocycles. The molecule has 0 bridgehead atoms. The number of nitrogens with one attached hydrogen (secondary N) is 9. The lowest BCUT2D eigenvalue weighted by atomic mass is 10.0.